The van der Waals surface area contributed by atoms with E-state index in [4.69, 9.17) is 5.26 Å². The molecule has 7 heteroatoms. The number of nitrogens with zero attached hydrogens (tertiary/aromatic N) is 5. The van der Waals surface area contributed by atoms with Gasteiger partial charge in [-0.25, -0.2) is 15.0 Å². The van der Waals surface area contributed by atoms with Crippen molar-refractivity contribution in [2.75, 3.05) is 0 Å². The van der Waals surface area contributed by atoms with Gasteiger partial charge in [-0.3, -0.25) is 5.10 Å². The van der Waals surface area contributed by atoms with Crippen molar-refractivity contribution in [2.24, 2.45) is 0 Å². The van der Waals surface area contributed by atoms with Gasteiger partial charge < -0.3 is 0 Å². The first-order valence-electron chi connectivity index (χ1n) is 3.64. The Kier molecular flexibility index (Phi) is 2.38. The summed E-state index contributed by atoms with van der Waals surface area (Å²) in [5.41, 5.74) is 0.298. The number of hydrogen-bond donors (Lipinski definition) is 1. The number of rotatable bonds is 2. The number of nitrogens with one attached hydrogen (secondary N) is 1. The Morgan fingerprint density at radius 1 is 1.29 bits per heavy atom. The Morgan fingerprint density at radius 2 is 2.21 bits per heavy atom. The second kappa shape index (κ2) is 3.85. The lowest BCUT2D eigenvalue weighted by atomic mass is 10.5. The predicted octanol–water partition coefficient (Wildman–Crippen LogP) is 0.618. The summed E-state index contributed by atoms with van der Waals surface area (Å²) in [6.45, 7) is 0. The third-order valence-corrected chi connectivity index (χ3v) is 2.15. The lowest BCUT2D eigenvalue weighted by molar-refractivity contribution is 0.960. The van der Waals surface area contributed by atoms with E-state index in [1.807, 2.05) is 6.07 Å². The van der Waals surface area contributed by atoms with E-state index in [-0.39, 0.29) is 0 Å². The highest BCUT2D eigenvalue weighted by Crippen LogP contribution is 2.20. The quantitative estimate of drug-likeness (QED) is 0.770. The third-order valence-electron chi connectivity index (χ3n) is 1.34. The van der Waals surface area contributed by atoms with E-state index >= 15 is 0 Å². The molecule has 2 aromatic rings. The van der Waals surface area contributed by atoms with Crippen molar-refractivity contribution in [1.82, 2.24) is 25.1 Å². The van der Waals surface area contributed by atoms with Crippen LogP contribution in [-0.2, 0) is 0 Å². The van der Waals surface area contributed by atoms with Crippen LogP contribution in [0.4, 0.5) is 0 Å². The number of nitriles is 1. The predicted molar refractivity (Wildman–Crippen MR) is 47.3 cm³/mol. The van der Waals surface area contributed by atoms with Gasteiger partial charge in [-0.2, -0.15) is 10.4 Å². The lowest BCUT2D eigenvalue weighted by Crippen LogP contribution is -1.87. The van der Waals surface area contributed by atoms with E-state index in [2.05, 4.69) is 25.1 Å². The Morgan fingerprint density at radius 3 is 2.79 bits per heavy atom. The maximum atomic E-state index is 8.50. The van der Waals surface area contributed by atoms with Crippen molar-refractivity contribution in [3.8, 4) is 6.07 Å². The maximum Gasteiger partial charge on any atom is 0.189 e. The van der Waals surface area contributed by atoms with E-state index in [1.54, 1.807) is 0 Å². The van der Waals surface area contributed by atoms with Crippen LogP contribution < -0.4 is 0 Å². The standard InChI is InChI=1S/C7H4N6S/c8-1-5-2-10-6(3-9-5)14-7-11-4-12-13-7/h2-4H,(H,11,12,13). The molecule has 0 aliphatic rings. The Balaban J connectivity index is 2.15. The molecule has 0 fully saturated rings. The summed E-state index contributed by atoms with van der Waals surface area (Å²) in [5, 5.41) is 16.2. The lowest BCUT2D eigenvalue weighted by Gasteiger charge is -1.94. The van der Waals surface area contributed by atoms with Gasteiger partial charge in [0.1, 0.15) is 17.4 Å². The minimum absolute atomic E-state index is 0.298. The van der Waals surface area contributed by atoms with Gasteiger partial charge in [0.2, 0.25) is 0 Å². The van der Waals surface area contributed by atoms with Gasteiger partial charge in [0.25, 0.3) is 0 Å². The van der Waals surface area contributed by atoms with Crippen LogP contribution in [0.5, 0.6) is 0 Å². The van der Waals surface area contributed by atoms with Crippen molar-refractivity contribution in [3.05, 3.63) is 24.4 Å². The summed E-state index contributed by atoms with van der Waals surface area (Å²) in [4.78, 5) is 11.8. The zero-order valence-electron chi connectivity index (χ0n) is 6.88. The van der Waals surface area contributed by atoms with Crippen LogP contribution >= 0.6 is 11.8 Å². The van der Waals surface area contributed by atoms with Crippen LogP contribution in [0.15, 0.2) is 28.9 Å². The molecule has 0 unspecified atom stereocenters. The first-order valence-corrected chi connectivity index (χ1v) is 4.45. The van der Waals surface area contributed by atoms with E-state index in [9.17, 15) is 0 Å². The summed E-state index contributed by atoms with van der Waals surface area (Å²) >= 11 is 1.30. The normalized spacial score (nSPS) is 9.64. The maximum absolute atomic E-state index is 8.50. The molecule has 2 aromatic heterocycles. The van der Waals surface area contributed by atoms with Crippen LogP contribution in [0.2, 0.25) is 0 Å². The fraction of sp³-hybridized carbons (Fsp3) is 0. The van der Waals surface area contributed by atoms with Crippen LogP contribution in [-0.4, -0.2) is 25.1 Å². The van der Waals surface area contributed by atoms with Crippen molar-refractivity contribution in [3.63, 3.8) is 0 Å². The van der Waals surface area contributed by atoms with E-state index in [0.29, 0.717) is 15.9 Å². The summed E-state index contributed by atoms with van der Waals surface area (Å²) in [6.07, 6.45) is 4.35. The van der Waals surface area contributed by atoms with Gasteiger partial charge >= 0.3 is 0 Å². The highest BCUT2D eigenvalue weighted by atomic mass is 32.2. The molecule has 0 spiro atoms. The second-order valence-corrected chi connectivity index (χ2v) is 3.25. The molecule has 0 aliphatic carbocycles. The SMILES string of the molecule is N#Cc1cnc(Sc2ncn[nH]2)cn1. The van der Waals surface area contributed by atoms with Gasteiger partial charge in [-0.15, -0.1) is 0 Å². The number of hydrogen-bond acceptors (Lipinski definition) is 6. The molecule has 0 aliphatic heterocycles. The Labute approximate surface area is 83.4 Å². The van der Waals surface area contributed by atoms with Crippen molar-refractivity contribution < 1.29 is 0 Å². The van der Waals surface area contributed by atoms with Crippen LogP contribution in [0.1, 0.15) is 5.69 Å². The van der Waals surface area contributed by atoms with Gasteiger partial charge in [0.05, 0.1) is 12.4 Å². The molecule has 68 valence electrons. The molecule has 0 amide bonds. The third kappa shape index (κ3) is 1.86. The average molecular weight is 204 g/mol. The molecule has 1 N–H and O–H groups in total. The van der Waals surface area contributed by atoms with Crippen LogP contribution in [0.3, 0.4) is 0 Å². The molecule has 0 saturated heterocycles. The minimum Gasteiger partial charge on any atom is -0.254 e. The van der Waals surface area contributed by atoms with Crippen LogP contribution in [0.25, 0.3) is 0 Å². The summed E-state index contributed by atoms with van der Waals surface area (Å²) in [5.74, 6) is 0. The molecule has 0 radical (unpaired) electrons. The van der Waals surface area contributed by atoms with Crippen molar-refractivity contribution in [2.45, 2.75) is 10.2 Å². The number of aromatic nitrogens is 5. The molecular formula is C7H4N6S. The van der Waals surface area contributed by atoms with Gasteiger partial charge in [0, 0.05) is 0 Å². The highest BCUT2D eigenvalue weighted by Gasteiger charge is 2.01. The molecule has 0 bridgehead atoms. The smallest absolute Gasteiger partial charge is 0.189 e. The number of aromatic amines is 1. The molecule has 2 rings (SSSR count). The topological polar surface area (TPSA) is 91.1 Å². The average Bonchev–Trinajstić information content (AvgIpc) is 2.72. The van der Waals surface area contributed by atoms with Crippen molar-refractivity contribution >= 4 is 11.8 Å². The monoisotopic (exact) mass is 204 g/mol. The van der Waals surface area contributed by atoms with Gasteiger partial charge in [-0.05, 0) is 11.8 Å². The Hall–Kier alpha value is -1.94. The summed E-state index contributed by atoms with van der Waals surface area (Å²) in [7, 11) is 0. The van der Waals surface area contributed by atoms with Gasteiger partial charge in [0.15, 0.2) is 10.9 Å². The first kappa shape index (κ1) is 8.65. The minimum atomic E-state index is 0.298. The van der Waals surface area contributed by atoms with Crippen molar-refractivity contribution in [1.29, 1.82) is 5.26 Å². The molecule has 2 heterocycles. The molecule has 0 atom stereocenters. The molecule has 6 nitrogen and oxygen atoms in total. The zero-order chi connectivity index (χ0) is 9.80. The second-order valence-electron chi connectivity index (χ2n) is 2.24. The van der Waals surface area contributed by atoms with Crippen LogP contribution in [0, 0.1) is 11.3 Å². The van der Waals surface area contributed by atoms with E-state index in [0.717, 1.165) is 0 Å². The van der Waals surface area contributed by atoms with E-state index < -0.39 is 0 Å². The fourth-order valence-corrected chi connectivity index (χ4v) is 1.38. The van der Waals surface area contributed by atoms with E-state index in [1.165, 1.54) is 30.5 Å². The summed E-state index contributed by atoms with van der Waals surface area (Å²) < 4.78 is 0. The molecular weight excluding hydrogens is 200 g/mol. The molecule has 14 heavy (non-hydrogen) atoms. The molecule has 0 saturated carbocycles. The largest absolute Gasteiger partial charge is 0.254 e. The van der Waals surface area contributed by atoms with Gasteiger partial charge in [-0.1, -0.05) is 0 Å². The number of H-pyrrole nitrogens is 1. The Bertz CT molecular complexity index is 442. The molecule has 0 aromatic carbocycles. The zero-order valence-corrected chi connectivity index (χ0v) is 7.69. The summed E-state index contributed by atoms with van der Waals surface area (Å²) in [6, 6.07) is 1.89. The first-order chi connectivity index (χ1) is 6.88. The highest BCUT2D eigenvalue weighted by molar-refractivity contribution is 7.99. The fourth-order valence-electron chi connectivity index (χ4n) is 0.769.